The van der Waals surface area contributed by atoms with Crippen molar-refractivity contribution in [1.82, 2.24) is 0 Å². The molecule has 0 aliphatic carbocycles. The van der Waals surface area contributed by atoms with E-state index < -0.39 is 0 Å². The molecule has 0 heterocycles. The van der Waals surface area contributed by atoms with Gasteiger partial charge in [-0.1, -0.05) is 103 Å². The Morgan fingerprint density at radius 1 is 0.478 bits per heavy atom. The lowest BCUT2D eigenvalue weighted by Gasteiger charge is -2.01. The van der Waals surface area contributed by atoms with Gasteiger partial charge in [-0.2, -0.15) is 0 Å². The SMILES string of the molecule is CCCCCCCC/C=C/CCCCCCCCCCCCN. The highest BCUT2D eigenvalue weighted by Gasteiger charge is 1.92. The molecule has 0 rings (SSSR count). The van der Waals surface area contributed by atoms with Crippen LogP contribution in [0.3, 0.4) is 0 Å². The zero-order valence-corrected chi connectivity index (χ0v) is 16.2. The molecule has 0 unspecified atom stereocenters. The molecule has 2 N–H and O–H groups in total. The van der Waals surface area contributed by atoms with Crippen LogP contribution in [0, 0.1) is 0 Å². The number of allylic oxidation sites excluding steroid dienone is 2. The molecule has 1 nitrogen and oxygen atoms in total. The first-order valence-electron chi connectivity index (χ1n) is 10.8. The second-order valence-corrected chi connectivity index (χ2v) is 7.14. The van der Waals surface area contributed by atoms with Crippen molar-refractivity contribution in [1.29, 1.82) is 0 Å². The van der Waals surface area contributed by atoms with E-state index >= 15 is 0 Å². The molecule has 0 amide bonds. The molecule has 0 saturated carbocycles. The Labute approximate surface area is 147 Å². The molecular formula is C22H45N. The summed E-state index contributed by atoms with van der Waals surface area (Å²) in [7, 11) is 0. The summed E-state index contributed by atoms with van der Waals surface area (Å²) in [6, 6.07) is 0. The Morgan fingerprint density at radius 2 is 0.826 bits per heavy atom. The standard InChI is InChI=1S/C22H45N/c1-2-3-4-5-6-7-8-9-10-11-12-13-14-15-16-17-18-19-20-21-22-23/h9-10H,2-8,11-23H2,1H3/b10-9+. The maximum absolute atomic E-state index is 5.50. The fourth-order valence-corrected chi connectivity index (χ4v) is 3.10. The maximum Gasteiger partial charge on any atom is -0.00773 e. The monoisotopic (exact) mass is 323 g/mol. The highest BCUT2D eigenvalue weighted by Crippen LogP contribution is 2.12. The molecule has 138 valence electrons. The third-order valence-corrected chi connectivity index (χ3v) is 4.72. The van der Waals surface area contributed by atoms with Crippen molar-refractivity contribution in [3.8, 4) is 0 Å². The zero-order chi connectivity index (χ0) is 16.8. The Hall–Kier alpha value is -0.300. The second-order valence-electron chi connectivity index (χ2n) is 7.14. The van der Waals surface area contributed by atoms with Crippen LogP contribution in [-0.2, 0) is 0 Å². The van der Waals surface area contributed by atoms with E-state index in [1.807, 2.05) is 0 Å². The van der Waals surface area contributed by atoms with Crippen LogP contribution in [0.4, 0.5) is 0 Å². The fourth-order valence-electron chi connectivity index (χ4n) is 3.10. The second kappa shape index (κ2) is 21.7. The molecule has 23 heavy (non-hydrogen) atoms. The first-order chi connectivity index (χ1) is 11.4. The summed E-state index contributed by atoms with van der Waals surface area (Å²) < 4.78 is 0. The average molecular weight is 324 g/mol. The minimum Gasteiger partial charge on any atom is -0.330 e. The molecule has 0 aromatic carbocycles. The minimum absolute atomic E-state index is 0.868. The van der Waals surface area contributed by atoms with Gasteiger partial charge in [-0.15, -0.1) is 0 Å². The van der Waals surface area contributed by atoms with Gasteiger partial charge in [0.1, 0.15) is 0 Å². The largest absolute Gasteiger partial charge is 0.330 e. The van der Waals surface area contributed by atoms with Crippen molar-refractivity contribution in [3.63, 3.8) is 0 Å². The lowest BCUT2D eigenvalue weighted by molar-refractivity contribution is 0.554. The van der Waals surface area contributed by atoms with Crippen LogP contribution in [0.1, 0.15) is 122 Å². The smallest absolute Gasteiger partial charge is 0.00773 e. The van der Waals surface area contributed by atoms with Crippen LogP contribution in [0.25, 0.3) is 0 Å². The normalized spacial score (nSPS) is 11.6. The van der Waals surface area contributed by atoms with Crippen molar-refractivity contribution in [2.45, 2.75) is 122 Å². The van der Waals surface area contributed by atoms with E-state index in [-0.39, 0.29) is 0 Å². The predicted octanol–water partition coefficient (Wildman–Crippen LogP) is 7.54. The average Bonchev–Trinajstić information content (AvgIpc) is 2.57. The Balaban J connectivity index is 3.02. The first-order valence-corrected chi connectivity index (χ1v) is 10.8. The molecule has 0 aliphatic heterocycles. The molecule has 0 atom stereocenters. The third kappa shape index (κ3) is 21.7. The molecule has 0 aliphatic rings. The topological polar surface area (TPSA) is 26.0 Å². The van der Waals surface area contributed by atoms with E-state index in [0.29, 0.717) is 0 Å². The van der Waals surface area contributed by atoms with Crippen molar-refractivity contribution in [2.75, 3.05) is 6.54 Å². The van der Waals surface area contributed by atoms with Crippen LogP contribution in [-0.4, -0.2) is 6.54 Å². The fraction of sp³-hybridized carbons (Fsp3) is 0.909. The molecule has 0 saturated heterocycles. The van der Waals surface area contributed by atoms with Gasteiger partial charge >= 0.3 is 0 Å². The number of rotatable bonds is 19. The summed E-state index contributed by atoms with van der Waals surface area (Å²) in [4.78, 5) is 0. The molecule has 0 spiro atoms. The van der Waals surface area contributed by atoms with Crippen LogP contribution in [0.15, 0.2) is 12.2 Å². The lowest BCUT2D eigenvalue weighted by Crippen LogP contribution is -1.97. The van der Waals surface area contributed by atoms with Gasteiger partial charge < -0.3 is 5.73 Å². The van der Waals surface area contributed by atoms with Gasteiger partial charge in [0.05, 0.1) is 0 Å². The van der Waals surface area contributed by atoms with E-state index in [0.717, 1.165) is 6.54 Å². The highest BCUT2D eigenvalue weighted by molar-refractivity contribution is 4.81. The van der Waals surface area contributed by atoms with Crippen LogP contribution in [0.2, 0.25) is 0 Å². The quantitative estimate of drug-likeness (QED) is 0.193. The number of hydrogen-bond donors (Lipinski definition) is 1. The molecule has 0 bridgehead atoms. The third-order valence-electron chi connectivity index (χ3n) is 4.72. The summed E-state index contributed by atoms with van der Waals surface area (Å²) in [5, 5.41) is 0. The summed E-state index contributed by atoms with van der Waals surface area (Å²) >= 11 is 0. The van der Waals surface area contributed by atoms with Gasteiger partial charge in [0.2, 0.25) is 0 Å². The van der Waals surface area contributed by atoms with Crippen LogP contribution >= 0.6 is 0 Å². The number of unbranched alkanes of at least 4 members (excludes halogenated alkanes) is 16. The number of hydrogen-bond acceptors (Lipinski definition) is 1. The van der Waals surface area contributed by atoms with E-state index in [9.17, 15) is 0 Å². The molecular weight excluding hydrogens is 278 g/mol. The Morgan fingerprint density at radius 3 is 1.22 bits per heavy atom. The Kier molecular flexibility index (Phi) is 21.4. The summed E-state index contributed by atoms with van der Waals surface area (Å²) in [5.41, 5.74) is 5.50. The lowest BCUT2D eigenvalue weighted by atomic mass is 10.1. The van der Waals surface area contributed by atoms with E-state index in [1.165, 1.54) is 116 Å². The van der Waals surface area contributed by atoms with E-state index in [4.69, 9.17) is 5.73 Å². The maximum atomic E-state index is 5.50. The van der Waals surface area contributed by atoms with Crippen molar-refractivity contribution in [3.05, 3.63) is 12.2 Å². The van der Waals surface area contributed by atoms with Gasteiger partial charge in [-0.25, -0.2) is 0 Å². The summed E-state index contributed by atoms with van der Waals surface area (Å²) in [6.45, 7) is 3.15. The van der Waals surface area contributed by atoms with E-state index in [1.54, 1.807) is 0 Å². The van der Waals surface area contributed by atoms with Crippen molar-refractivity contribution >= 4 is 0 Å². The van der Waals surface area contributed by atoms with Crippen molar-refractivity contribution < 1.29 is 0 Å². The summed E-state index contributed by atoms with van der Waals surface area (Å²) in [6.07, 6.45) is 29.8. The van der Waals surface area contributed by atoms with Gasteiger partial charge in [-0.05, 0) is 38.6 Å². The molecule has 0 radical (unpaired) electrons. The summed E-state index contributed by atoms with van der Waals surface area (Å²) in [5.74, 6) is 0. The van der Waals surface area contributed by atoms with Crippen LogP contribution < -0.4 is 5.73 Å². The van der Waals surface area contributed by atoms with Gasteiger partial charge in [-0.3, -0.25) is 0 Å². The highest BCUT2D eigenvalue weighted by atomic mass is 14.5. The number of nitrogens with two attached hydrogens (primary N) is 1. The molecule has 1 heteroatoms. The van der Waals surface area contributed by atoms with Gasteiger partial charge in [0, 0.05) is 0 Å². The van der Waals surface area contributed by atoms with E-state index in [2.05, 4.69) is 19.1 Å². The molecule has 0 aromatic heterocycles. The molecule has 0 fully saturated rings. The van der Waals surface area contributed by atoms with Gasteiger partial charge in [0.25, 0.3) is 0 Å². The van der Waals surface area contributed by atoms with Crippen LogP contribution in [0.5, 0.6) is 0 Å². The van der Waals surface area contributed by atoms with Gasteiger partial charge in [0.15, 0.2) is 0 Å². The molecule has 0 aromatic rings. The van der Waals surface area contributed by atoms with Crippen molar-refractivity contribution in [2.24, 2.45) is 5.73 Å². The minimum atomic E-state index is 0.868. The zero-order valence-electron chi connectivity index (χ0n) is 16.2. The first kappa shape index (κ1) is 22.7. The predicted molar refractivity (Wildman–Crippen MR) is 107 cm³/mol. The Bertz CT molecular complexity index is 222.